The number of carbonyl (C=O) groups is 1. The number of fused-ring (bicyclic) bond motifs is 1. The molecule has 0 aromatic carbocycles. The van der Waals surface area contributed by atoms with E-state index < -0.39 is 16.1 Å². The van der Waals surface area contributed by atoms with Crippen LogP contribution in [-0.4, -0.2) is 59.1 Å². The van der Waals surface area contributed by atoms with Crippen LogP contribution in [0.25, 0.3) is 0 Å². The van der Waals surface area contributed by atoms with E-state index in [0.717, 1.165) is 25.0 Å². The largest absolute Gasteiger partial charge is 0.363 e. The number of nitrogens with one attached hydrogen (secondary N) is 1. The Balaban J connectivity index is 1.31. The minimum atomic E-state index is -3.18. The van der Waals surface area contributed by atoms with Gasteiger partial charge in [-0.15, -0.1) is 0 Å². The molecule has 1 amide bonds. The number of hydrogen-bond donors (Lipinski definition) is 1. The van der Waals surface area contributed by atoms with Crippen LogP contribution in [0.2, 0.25) is 0 Å². The van der Waals surface area contributed by atoms with Crippen LogP contribution in [0.15, 0.2) is 12.4 Å². The second kappa shape index (κ2) is 6.86. The highest BCUT2D eigenvalue weighted by Crippen LogP contribution is 2.37. The molecule has 4 rings (SSSR count). The summed E-state index contributed by atoms with van der Waals surface area (Å²) in [5, 5.41) is 2.64. The molecule has 3 aliphatic rings. The van der Waals surface area contributed by atoms with Crippen molar-refractivity contribution in [2.75, 3.05) is 13.1 Å². The molecule has 142 valence electrons. The van der Waals surface area contributed by atoms with Crippen molar-refractivity contribution < 1.29 is 17.9 Å². The van der Waals surface area contributed by atoms with Gasteiger partial charge in [0.15, 0.2) is 0 Å². The van der Waals surface area contributed by atoms with E-state index in [9.17, 15) is 13.2 Å². The summed E-state index contributed by atoms with van der Waals surface area (Å²) in [6.45, 7) is 3.08. The maximum absolute atomic E-state index is 12.4. The van der Waals surface area contributed by atoms with Crippen LogP contribution < -0.4 is 5.32 Å². The summed E-state index contributed by atoms with van der Waals surface area (Å²) in [6.07, 6.45) is 5.53. The highest BCUT2D eigenvalue weighted by atomic mass is 32.2. The lowest BCUT2D eigenvalue weighted by Crippen LogP contribution is -2.46. The summed E-state index contributed by atoms with van der Waals surface area (Å²) in [7, 11) is -3.18. The van der Waals surface area contributed by atoms with E-state index in [1.165, 1.54) is 0 Å². The monoisotopic (exact) mass is 380 g/mol. The molecule has 9 heteroatoms. The van der Waals surface area contributed by atoms with E-state index >= 15 is 0 Å². The van der Waals surface area contributed by atoms with Gasteiger partial charge in [0.05, 0.1) is 35.5 Å². The molecule has 2 saturated heterocycles. The van der Waals surface area contributed by atoms with Gasteiger partial charge in [-0.05, 0) is 38.5 Å². The van der Waals surface area contributed by atoms with E-state index in [2.05, 4.69) is 15.3 Å². The smallest absolute Gasteiger partial charge is 0.249 e. The summed E-state index contributed by atoms with van der Waals surface area (Å²) < 4.78 is 32.3. The van der Waals surface area contributed by atoms with Crippen LogP contribution >= 0.6 is 0 Å². The summed E-state index contributed by atoms with van der Waals surface area (Å²) in [5.41, 5.74) is 1.52. The minimum Gasteiger partial charge on any atom is -0.363 e. The first-order valence-corrected chi connectivity index (χ1v) is 10.6. The lowest BCUT2D eigenvalue weighted by Gasteiger charge is -2.33. The zero-order valence-corrected chi connectivity index (χ0v) is 15.6. The van der Waals surface area contributed by atoms with Gasteiger partial charge in [-0.2, -0.15) is 4.31 Å². The highest BCUT2D eigenvalue weighted by molar-refractivity contribution is 7.90. The molecule has 0 spiro atoms. The molecule has 3 atom stereocenters. The number of aryl methyl sites for hydroxylation is 1. The first kappa shape index (κ1) is 17.8. The third kappa shape index (κ3) is 3.60. The molecule has 1 aromatic heterocycles. The molecule has 1 aromatic rings. The van der Waals surface area contributed by atoms with Crippen LogP contribution in [0.3, 0.4) is 0 Å². The molecule has 3 heterocycles. The molecule has 2 aliphatic heterocycles. The predicted molar refractivity (Wildman–Crippen MR) is 93.5 cm³/mol. The lowest BCUT2D eigenvalue weighted by atomic mass is 9.93. The first-order valence-electron chi connectivity index (χ1n) is 9.13. The fourth-order valence-electron chi connectivity index (χ4n) is 3.68. The first-order chi connectivity index (χ1) is 12.4. The fourth-order valence-corrected chi connectivity index (χ4v) is 5.55. The van der Waals surface area contributed by atoms with Gasteiger partial charge in [-0.3, -0.25) is 14.8 Å². The molecule has 0 radical (unpaired) electrons. The SMILES string of the molecule is Cc1cnc(CNC(=O)[C@H]2C[C@@H]3CCN(S(=O)(=O)C4CC4)C[C@H]3O2)cn1. The maximum atomic E-state index is 12.4. The third-order valence-electron chi connectivity index (χ3n) is 5.39. The number of aromatic nitrogens is 2. The van der Waals surface area contributed by atoms with E-state index in [0.29, 0.717) is 31.7 Å². The normalized spacial score (nSPS) is 29.3. The Bertz CT molecular complexity index is 778. The summed E-state index contributed by atoms with van der Waals surface area (Å²) in [6, 6.07) is 0. The molecule has 3 fully saturated rings. The van der Waals surface area contributed by atoms with Crippen LogP contribution in [0.4, 0.5) is 0 Å². The zero-order chi connectivity index (χ0) is 18.3. The van der Waals surface area contributed by atoms with Gasteiger partial charge in [-0.1, -0.05) is 0 Å². The molecular formula is C17H24N4O4S. The quantitative estimate of drug-likeness (QED) is 0.792. The van der Waals surface area contributed by atoms with Crippen LogP contribution in [-0.2, 0) is 26.1 Å². The Morgan fingerprint density at radius 2 is 2.12 bits per heavy atom. The molecule has 1 aliphatic carbocycles. The van der Waals surface area contributed by atoms with Crippen molar-refractivity contribution in [3.8, 4) is 0 Å². The molecular weight excluding hydrogens is 356 g/mol. The van der Waals surface area contributed by atoms with Crippen molar-refractivity contribution in [3.05, 3.63) is 23.8 Å². The standard InChI is InChI=1S/C17H24N4O4S/c1-11-7-19-13(8-18-11)9-20-17(22)15-6-12-4-5-21(10-16(12)25-15)26(23,24)14-2-3-14/h7-8,12,14-16H,2-6,9-10H2,1H3,(H,20,22)/t12-,15+,16+/m0/s1. The number of amides is 1. The number of piperidine rings is 1. The molecule has 26 heavy (non-hydrogen) atoms. The zero-order valence-electron chi connectivity index (χ0n) is 14.8. The van der Waals surface area contributed by atoms with E-state index in [1.807, 2.05) is 6.92 Å². The van der Waals surface area contributed by atoms with Gasteiger partial charge >= 0.3 is 0 Å². The van der Waals surface area contributed by atoms with Crippen molar-refractivity contribution >= 4 is 15.9 Å². The van der Waals surface area contributed by atoms with E-state index in [4.69, 9.17) is 4.74 Å². The maximum Gasteiger partial charge on any atom is 0.249 e. The van der Waals surface area contributed by atoms with Gasteiger partial charge in [0, 0.05) is 19.3 Å². The van der Waals surface area contributed by atoms with Crippen molar-refractivity contribution in [2.45, 2.75) is 56.6 Å². The molecule has 0 bridgehead atoms. The van der Waals surface area contributed by atoms with Crippen molar-refractivity contribution in [3.63, 3.8) is 0 Å². The number of sulfonamides is 1. The van der Waals surface area contributed by atoms with Gasteiger partial charge in [0.1, 0.15) is 6.10 Å². The average molecular weight is 380 g/mol. The number of carbonyl (C=O) groups excluding carboxylic acids is 1. The van der Waals surface area contributed by atoms with E-state index in [1.54, 1.807) is 16.7 Å². The summed E-state index contributed by atoms with van der Waals surface area (Å²) in [4.78, 5) is 20.8. The average Bonchev–Trinajstić information content (AvgIpc) is 3.40. The van der Waals surface area contributed by atoms with Crippen molar-refractivity contribution in [2.24, 2.45) is 5.92 Å². The Morgan fingerprint density at radius 3 is 2.81 bits per heavy atom. The number of ether oxygens (including phenoxy) is 1. The lowest BCUT2D eigenvalue weighted by molar-refractivity contribution is -0.132. The number of hydrogen-bond acceptors (Lipinski definition) is 6. The molecule has 0 unspecified atom stereocenters. The summed E-state index contributed by atoms with van der Waals surface area (Å²) >= 11 is 0. The topological polar surface area (TPSA) is 101 Å². The molecule has 1 saturated carbocycles. The Morgan fingerprint density at radius 1 is 1.31 bits per heavy atom. The van der Waals surface area contributed by atoms with Crippen molar-refractivity contribution in [1.29, 1.82) is 0 Å². The second-order valence-electron chi connectivity index (χ2n) is 7.42. The van der Waals surface area contributed by atoms with Gasteiger partial charge in [0.25, 0.3) is 0 Å². The van der Waals surface area contributed by atoms with Gasteiger partial charge in [0.2, 0.25) is 15.9 Å². The van der Waals surface area contributed by atoms with E-state index in [-0.39, 0.29) is 23.2 Å². The Hall–Kier alpha value is -1.58. The third-order valence-corrected chi connectivity index (χ3v) is 7.76. The second-order valence-corrected chi connectivity index (χ2v) is 9.63. The van der Waals surface area contributed by atoms with Gasteiger partial charge in [-0.25, -0.2) is 8.42 Å². The summed E-state index contributed by atoms with van der Waals surface area (Å²) in [5.74, 6) is 0.0777. The molecule has 1 N–H and O–H groups in total. The molecule has 8 nitrogen and oxygen atoms in total. The van der Waals surface area contributed by atoms with Crippen LogP contribution in [0, 0.1) is 12.8 Å². The van der Waals surface area contributed by atoms with Crippen molar-refractivity contribution in [1.82, 2.24) is 19.6 Å². The van der Waals surface area contributed by atoms with Crippen LogP contribution in [0.1, 0.15) is 37.1 Å². The predicted octanol–water partition coefficient (Wildman–Crippen LogP) is 0.373. The number of rotatable bonds is 5. The highest BCUT2D eigenvalue weighted by Gasteiger charge is 2.47. The van der Waals surface area contributed by atoms with Gasteiger partial charge < -0.3 is 10.1 Å². The Labute approximate surface area is 153 Å². The Kier molecular flexibility index (Phi) is 4.70. The fraction of sp³-hybridized carbons (Fsp3) is 0.706. The number of nitrogens with zero attached hydrogens (tertiary/aromatic N) is 3. The minimum absolute atomic E-state index is 0.168. The van der Waals surface area contributed by atoms with Crippen LogP contribution in [0.5, 0.6) is 0 Å².